The number of hydrogen-bond donors (Lipinski definition) is 1. The van der Waals surface area contributed by atoms with Gasteiger partial charge in [-0.15, -0.1) is 0 Å². The maximum atomic E-state index is 12.8. The topological polar surface area (TPSA) is 76.1 Å². The number of carbonyl (C=O) groups excluding carboxylic acids is 1. The van der Waals surface area contributed by atoms with E-state index in [1.807, 2.05) is 37.3 Å². The van der Waals surface area contributed by atoms with E-state index in [1.54, 1.807) is 6.08 Å². The number of carbonyl (C=O) groups is 2. The average Bonchev–Trinajstić information content (AvgIpc) is 3.03. The normalized spacial score (nSPS) is 14.7. The number of carboxylic acids is 1. The Kier molecular flexibility index (Phi) is 9.34. The fourth-order valence-electron chi connectivity index (χ4n) is 3.22. The van der Waals surface area contributed by atoms with Gasteiger partial charge in [-0.2, -0.15) is 0 Å². The molecule has 0 atom stereocenters. The average molecular weight is 550 g/mol. The lowest BCUT2D eigenvalue weighted by atomic mass is 10.1. The van der Waals surface area contributed by atoms with Crippen LogP contribution < -0.4 is 9.47 Å². The molecule has 0 aliphatic carbocycles. The first-order valence-electron chi connectivity index (χ1n) is 10.5. The van der Waals surface area contributed by atoms with Gasteiger partial charge in [0.2, 0.25) is 0 Å². The molecule has 1 N–H and O–H groups in total. The highest BCUT2D eigenvalue weighted by molar-refractivity contribution is 9.10. The van der Waals surface area contributed by atoms with Crippen molar-refractivity contribution in [1.82, 2.24) is 4.90 Å². The number of halogens is 1. The zero-order valence-electron chi connectivity index (χ0n) is 18.1. The van der Waals surface area contributed by atoms with Gasteiger partial charge in [0.25, 0.3) is 5.91 Å². The van der Waals surface area contributed by atoms with Crippen LogP contribution in [0.15, 0.2) is 51.8 Å². The predicted molar refractivity (Wildman–Crippen MR) is 138 cm³/mol. The van der Waals surface area contributed by atoms with Crippen molar-refractivity contribution in [3.05, 3.63) is 63.0 Å². The molecule has 2 aromatic carbocycles. The second kappa shape index (κ2) is 12.2. The molecular weight excluding hydrogens is 526 g/mol. The van der Waals surface area contributed by atoms with Crippen molar-refractivity contribution in [2.45, 2.75) is 26.2 Å². The van der Waals surface area contributed by atoms with E-state index in [2.05, 4.69) is 28.1 Å². The number of thioether (sulfide) groups is 1. The minimum atomic E-state index is -0.893. The Hall–Kier alpha value is -2.36. The zero-order chi connectivity index (χ0) is 23.8. The van der Waals surface area contributed by atoms with Crippen LogP contribution in [0.2, 0.25) is 0 Å². The molecule has 0 saturated carbocycles. The second-order valence-electron chi connectivity index (χ2n) is 7.18. The quantitative estimate of drug-likeness (QED) is 0.291. The van der Waals surface area contributed by atoms with Crippen molar-refractivity contribution in [3.8, 4) is 11.5 Å². The highest BCUT2D eigenvalue weighted by atomic mass is 79.9. The summed E-state index contributed by atoms with van der Waals surface area (Å²) in [5, 5.41) is 8.82. The first-order chi connectivity index (χ1) is 15.9. The molecular formula is C24H24BrNO5S2. The molecule has 0 radical (unpaired) electrons. The third-order valence-electron chi connectivity index (χ3n) is 4.76. The predicted octanol–water partition coefficient (Wildman–Crippen LogP) is 5.54. The number of ether oxygens (including phenoxy) is 2. The number of rotatable bonds is 11. The van der Waals surface area contributed by atoms with Gasteiger partial charge in [-0.25, -0.2) is 0 Å². The summed E-state index contributed by atoms with van der Waals surface area (Å²) in [6.07, 6.45) is 2.87. The lowest BCUT2D eigenvalue weighted by molar-refractivity contribution is -0.137. The molecule has 9 heteroatoms. The van der Waals surface area contributed by atoms with E-state index in [-0.39, 0.29) is 18.9 Å². The Morgan fingerprint density at radius 3 is 2.70 bits per heavy atom. The molecule has 0 aromatic heterocycles. The minimum Gasteiger partial charge on any atom is -0.490 e. The zero-order valence-corrected chi connectivity index (χ0v) is 21.3. The molecule has 0 unspecified atom stereocenters. The van der Waals surface area contributed by atoms with Crippen LogP contribution in [0.1, 0.15) is 30.9 Å². The summed E-state index contributed by atoms with van der Waals surface area (Å²) in [6, 6.07) is 13.8. The van der Waals surface area contributed by atoms with E-state index >= 15 is 0 Å². The summed E-state index contributed by atoms with van der Waals surface area (Å²) in [6.45, 7) is 3.15. The molecule has 1 heterocycles. The molecule has 6 nitrogen and oxygen atoms in total. The van der Waals surface area contributed by atoms with Gasteiger partial charge in [0, 0.05) is 19.4 Å². The Labute approximate surface area is 211 Å². The lowest BCUT2D eigenvalue weighted by Crippen LogP contribution is -2.29. The molecule has 2 aromatic rings. The number of carboxylic acid groups (broad SMARTS) is 1. The molecule has 33 heavy (non-hydrogen) atoms. The largest absolute Gasteiger partial charge is 0.490 e. The minimum absolute atomic E-state index is 0.00744. The molecule has 0 spiro atoms. The van der Waals surface area contributed by atoms with Crippen LogP contribution in [0.25, 0.3) is 6.08 Å². The number of hydrogen-bond acceptors (Lipinski definition) is 6. The highest BCUT2D eigenvalue weighted by Crippen LogP contribution is 2.39. The standard InChI is InChI=1S/C24H24BrNO5S2/c1-2-30-19-14-17(13-18(25)22(19)31-12-10-16-7-4-3-5-8-16)15-20-23(29)26(24(32)33-20)11-6-9-21(27)28/h3-5,7-8,13-15H,2,6,9-12H2,1H3,(H,27,28)/b20-15-. The number of aliphatic carboxylic acids is 1. The van der Waals surface area contributed by atoms with Crippen LogP contribution in [0.3, 0.4) is 0 Å². The summed E-state index contributed by atoms with van der Waals surface area (Å²) in [4.78, 5) is 25.5. The van der Waals surface area contributed by atoms with Gasteiger partial charge in [-0.1, -0.05) is 54.3 Å². The van der Waals surface area contributed by atoms with Crippen LogP contribution in [-0.4, -0.2) is 46.0 Å². The summed E-state index contributed by atoms with van der Waals surface area (Å²) >= 11 is 10.1. The van der Waals surface area contributed by atoms with E-state index in [9.17, 15) is 9.59 Å². The van der Waals surface area contributed by atoms with Crippen LogP contribution in [0, 0.1) is 0 Å². The van der Waals surface area contributed by atoms with Crippen molar-refractivity contribution >= 4 is 62.2 Å². The summed E-state index contributed by atoms with van der Waals surface area (Å²) in [5.74, 6) is 0.0947. The number of benzene rings is 2. The van der Waals surface area contributed by atoms with Gasteiger partial charge in [0.15, 0.2) is 11.5 Å². The molecule has 0 bridgehead atoms. The maximum Gasteiger partial charge on any atom is 0.303 e. The van der Waals surface area contributed by atoms with E-state index in [1.165, 1.54) is 22.2 Å². The van der Waals surface area contributed by atoms with E-state index < -0.39 is 5.97 Å². The third-order valence-corrected chi connectivity index (χ3v) is 6.72. The first kappa shape index (κ1) is 25.3. The van der Waals surface area contributed by atoms with Gasteiger partial charge >= 0.3 is 5.97 Å². The van der Waals surface area contributed by atoms with E-state index in [4.69, 9.17) is 26.8 Å². The Balaban J connectivity index is 1.74. The Bertz CT molecular complexity index is 1060. The summed E-state index contributed by atoms with van der Waals surface area (Å²) in [5.41, 5.74) is 1.96. The van der Waals surface area contributed by atoms with Crippen LogP contribution in [0.4, 0.5) is 0 Å². The summed E-state index contributed by atoms with van der Waals surface area (Å²) < 4.78 is 13.0. The Morgan fingerprint density at radius 1 is 1.24 bits per heavy atom. The molecule has 1 aliphatic rings. The SMILES string of the molecule is CCOc1cc(/C=C2\SC(=S)N(CCCC(=O)O)C2=O)cc(Br)c1OCCc1ccccc1. The summed E-state index contributed by atoms with van der Waals surface area (Å²) in [7, 11) is 0. The number of thiocarbonyl (C=S) groups is 1. The third kappa shape index (κ3) is 7.06. The fraction of sp³-hybridized carbons (Fsp3) is 0.292. The molecule has 174 valence electrons. The van der Waals surface area contributed by atoms with E-state index in [0.717, 1.165) is 16.5 Å². The van der Waals surface area contributed by atoms with Crippen molar-refractivity contribution < 1.29 is 24.2 Å². The van der Waals surface area contributed by atoms with Crippen molar-refractivity contribution in [1.29, 1.82) is 0 Å². The smallest absolute Gasteiger partial charge is 0.303 e. The monoisotopic (exact) mass is 549 g/mol. The van der Waals surface area contributed by atoms with Crippen LogP contribution in [0.5, 0.6) is 11.5 Å². The molecule has 1 saturated heterocycles. The van der Waals surface area contributed by atoms with Gasteiger partial charge < -0.3 is 14.6 Å². The van der Waals surface area contributed by atoms with Gasteiger partial charge in [-0.3, -0.25) is 14.5 Å². The van der Waals surface area contributed by atoms with Crippen molar-refractivity contribution in [2.24, 2.45) is 0 Å². The fourth-order valence-corrected chi connectivity index (χ4v) is 5.11. The van der Waals surface area contributed by atoms with Crippen LogP contribution >= 0.6 is 39.9 Å². The van der Waals surface area contributed by atoms with Crippen molar-refractivity contribution in [3.63, 3.8) is 0 Å². The molecule has 3 rings (SSSR count). The maximum absolute atomic E-state index is 12.8. The number of amides is 1. The number of nitrogens with zero attached hydrogens (tertiary/aromatic N) is 1. The Morgan fingerprint density at radius 2 is 2.00 bits per heavy atom. The van der Waals surface area contributed by atoms with Crippen LogP contribution in [-0.2, 0) is 16.0 Å². The lowest BCUT2D eigenvalue weighted by Gasteiger charge is -2.15. The first-order valence-corrected chi connectivity index (χ1v) is 12.5. The van der Waals surface area contributed by atoms with Gasteiger partial charge in [0.1, 0.15) is 4.32 Å². The highest BCUT2D eigenvalue weighted by Gasteiger charge is 2.31. The molecule has 1 aliphatic heterocycles. The van der Waals surface area contributed by atoms with Crippen molar-refractivity contribution in [2.75, 3.05) is 19.8 Å². The van der Waals surface area contributed by atoms with E-state index in [0.29, 0.717) is 40.4 Å². The molecule has 1 fully saturated rings. The van der Waals surface area contributed by atoms with Gasteiger partial charge in [-0.05, 0) is 58.6 Å². The van der Waals surface area contributed by atoms with Gasteiger partial charge in [0.05, 0.1) is 22.6 Å². The second-order valence-corrected chi connectivity index (χ2v) is 9.71. The molecule has 1 amide bonds.